The Morgan fingerprint density at radius 3 is 2.92 bits per heavy atom. The van der Waals surface area contributed by atoms with E-state index in [0.717, 1.165) is 69.8 Å². The predicted molar refractivity (Wildman–Crippen MR) is 111 cm³/mol. The van der Waals surface area contributed by atoms with E-state index >= 15 is 0 Å². The van der Waals surface area contributed by atoms with E-state index in [4.69, 9.17) is 13.9 Å². The van der Waals surface area contributed by atoms with Crippen LogP contribution in [0.5, 0.6) is 0 Å². The van der Waals surface area contributed by atoms with Gasteiger partial charge in [0.2, 0.25) is 0 Å². The summed E-state index contributed by atoms with van der Waals surface area (Å²) < 4.78 is 16.7. The number of aryl methyl sites for hydroxylation is 1. The van der Waals surface area contributed by atoms with Crippen LogP contribution in [0.4, 0.5) is 0 Å². The maximum Gasteiger partial charge on any atom is 0.191 e. The molecular formula is C18H32IN3O3. The molecule has 1 aromatic heterocycles. The van der Waals surface area contributed by atoms with Gasteiger partial charge < -0.3 is 24.5 Å². The molecule has 25 heavy (non-hydrogen) atoms. The summed E-state index contributed by atoms with van der Waals surface area (Å²) in [5.74, 6) is 3.22. The molecule has 0 spiro atoms. The van der Waals surface area contributed by atoms with Gasteiger partial charge in [-0.15, -0.1) is 24.0 Å². The number of nitrogens with zero attached hydrogens (tertiary/aromatic N) is 1. The fourth-order valence-corrected chi connectivity index (χ4v) is 2.60. The zero-order valence-electron chi connectivity index (χ0n) is 15.5. The van der Waals surface area contributed by atoms with Crippen molar-refractivity contribution >= 4 is 29.9 Å². The minimum atomic E-state index is 0. The van der Waals surface area contributed by atoms with Gasteiger partial charge in [-0.05, 0) is 45.7 Å². The molecule has 0 aromatic carbocycles. The standard InChI is InChI=1S/C18H31N3O3.HI/c1-4-19-18(21-15(3)17-7-6-14(2)24-17)20-9-5-10-22-12-16-8-11-23-13-16;/h6-7,15-16H,4-5,8-13H2,1-3H3,(H2,19,20,21);1H. The van der Waals surface area contributed by atoms with Crippen LogP contribution in [0.3, 0.4) is 0 Å². The summed E-state index contributed by atoms with van der Waals surface area (Å²) >= 11 is 0. The smallest absolute Gasteiger partial charge is 0.191 e. The number of hydrogen-bond acceptors (Lipinski definition) is 4. The molecule has 1 fully saturated rings. The lowest BCUT2D eigenvalue weighted by atomic mass is 10.1. The average molecular weight is 465 g/mol. The normalized spacial score (nSPS) is 18.7. The number of rotatable bonds is 9. The largest absolute Gasteiger partial charge is 0.464 e. The lowest BCUT2D eigenvalue weighted by molar-refractivity contribution is 0.0893. The molecule has 2 rings (SSSR count). The van der Waals surface area contributed by atoms with E-state index in [9.17, 15) is 0 Å². The van der Waals surface area contributed by atoms with Crippen molar-refractivity contribution in [3.8, 4) is 0 Å². The molecule has 2 unspecified atom stereocenters. The Kier molecular flexibility index (Phi) is 11.2. The lowest BCUT2D eigenvalue weighted by Crippen LogP contribution is -2.38. The van der Waals surface area contributed by atoms with Crippen molar-refractivity contribution in [2.75, 3.05) is 39.5 Å². The molecule has 6 nitrogen and oxygen atoms in total. The Bertz CT molecular complexity index is 502. The van der Waals surface area contributed by atoms with Crippen LogP contribution in [-0.4, -0.2) is 45.5 Å². The zero-order chi connectivity index (χ0) is 17.2. The SMILES string of the molecule is CCNC(=NCCCOCC1CCOC1)NC(C)c1ccc(C)o1.I. The number of nitrogens with one attached hydrogen (secondary N) is 2. The summed E-state index contributed by atoms with van der Waals surface area (Å²) in [6, 6.07) is 4.05. The fraction of sp³-hybridized carbons (Fsp3) is 0.722. The minimum absolute atomic E-state index is 0. The van der Waals surface area contributed by atoms with Gasteiger partial charge in [0.25, 0.3) is 0 Å². The molecule has 2 heterocycles. The van der Waals surface area contributed by atoms with Gasteiger partial charge in [0, 0.05) is 32.2 Å². The minimum Gasteiger partial charge on any atom is -0.464 e. The quantitative estimate of drug-likeness (QED) is 0.254. The molecule has 144 valence electrons. The van der Waals surface area contributed by atoms with Crippen LogP contribution in [0.25, 0.3) is 0 Å². The van der Waals surface area contributed by atoms with Crippen LogP contribution < -0.4 is 10.6 Å². The van der Waals surface area contributed by atoms with E-state index in [-0.39, 0.29) is 30.0 Å². The molecular weight excluding hydrogens is 433 g/mol. The van der Waals surface area contributed by atoms with Gasteiger partial charge in [0.1, 0.15) is 11.5 Å². The molecule has 1 aliphatic rings. The molecule has 0 saturated carbocycles. The second-order valence-corrected chi connectivity index (χ2v) is 6.23. The van der Waals surface area contributed by atoms with Crippen LogP contribution in [0.2, 0.25) is 0 Å². The van der Waals surface area contributed by atoms with Gasteiger partial charge in [-0.1, -0.05) is 0 Å². The summed E-state index contributed by atoms with van der Waals surface area (Å²) in [7, 11) is 0. The summed E-state index contributed by atoms with van der Waals surface area (Å²) in [6.45, 7) is 10.9. The molecule has 0 radical (unpaired) electrons. The Hall–Kier alpha value is -0.800. The van der Waals surface area contributed by atoms with Gasteiger partial charge in [-0.2, -0.15) is 0 Å². The maximum atomic E-state index is 5.71. The first-order valence-corrected chi connectivity index (χ1v) is 8.95. The van der Waals surface area contributed by atoms with Crippen molar-refractivity contribution in [2.24, 2.45) is 10.9 Å². The topological polar surface area (TPSA) is 68.0 Å². The molecule has 0 bridgehead atoms. The van der Waals surface area contributed by atoms with Gasteiger partial charge in [-0.3, -0.25) is 4.99 Å². The van der Waals surface area contributed by atoms with Crippen molar-refractivity contribution in [3.63, 3.8) is 0 Å². The highest BCUT2D eigenvalue weighted by Crippen LogP contribution is 2.15. The second kappa shape index (κ2) is 12.5. The molecule has 1 aliphatic heterocycles. The molecule has 1 aromatic rings. The van der Waals surface area contributed by atoms with Crippen LogP contribution in [0.15, 0.2) is 21.5 Å². The maximum absolute atomic E-state index is 5.71. The second-order valence-electron chi connectivity index (χ2n) is 6.23. The van der Waals surface area contributed by atoms with Gasteiger partial charge >= 0.3 is 0 Å². The molecule has 2 atom stereocenters. The average Bonchev–Trinajstić information content (AvgIpc) is 3.22. The van der Waals surface area contributed by atoms with Crippen molar-refractivity contribution in [3.05, 3.63) is 23.7 Å². The first-order valence-electron chi connectivity index (χ1n) is 8.95. The van der Waals surface area contributed by atoms with E-state index < -0.39 is 0 Å². The van der Waals surface area contributed by atoms with Crippen LogP contribution in [0.1, 0.15) is 44.3 Å². The van der Waals surface area contributed by atoms with Crippen LogP contribution >= 0.6 is 24.0 Å². The number of ether oxygens (including phenoxy) is 2. The third-order valence-corrected chi connectivity index (χ3v) is 3.98. The monoisotopic (exact) mass is 465 g/mol. The van der Waals surface area contributed by atoms with E-state index in [1.165, 1.54) is 0 Å². The highest BCUT2D eigenvalue weighted by atomic mass is 127. The molecule has 0 amide bonds. The molecule has 2 N–H and O–H groups in total. The number of halogens is 1. The van der Waals surface area contributed by atoms with Crippen molar-refractivity contribution in [1.29, 1.82) is 0 Å². The Labute approximate surface area is 168 Å². The van der Waals surface area contributed by atoms with Crippen molar-refractivity contribution in [2.45, 2.75) is 39.7 Å². The fourth-order valence-electron chi connectivity index (χ4n) is 2.60. The van der Waals surface area contributed by atoms with Crippen LogP contribution in [-0.2, 0) is 9.47 Å². The van der Waals surface area contributed by atoms with Crippen molar-refractivity contribution < 1.29 is 13.9 Å². The Balaban J connectivity index is 0.00000312. The number of hydrogen-bond donors (Lipinski definition) is 2. The predicted octanol–water partition coefficient (Wildman–Crippen LogP) is 3.27. The summed E-state index contributed by atoms with van der Waals surface area (Å²) in [5.41, 5.74) is 0. The summed E-state index contributed by atoms with van der Waals surface area (Å²) in [4.78, 5) is 4.60. The highest BCUT2D eigenvalue weighted by Gasteiger charge is 2.15. The highest BCUT2D eigenvalue weighted by molar-refractivity contribution is 14.0. The Morgan fingerprint density at radius 1 is 1.44 bits per heavy atom. The van der Waals surface area contributed by atoms with E-state index in [0.29, 0.717) is 5.92 Å². The van der Waals surface area contributed by atoms with Crippen LogP contribution in [0, 0.1) is 12.8 Å². The third kappa shape index (κ3) is 8.42. The summed E-state index contributed by atoms with van der Waals surface area (Å²) in [6.07, 6.45) is 2.04. The number of furan rings is 1. The molecule has 0 aliphatic carbocycles. The molecule has 1 saturated heterocycles. The van der Waals surface area contributed by atoms with E-state index in [1.807, 2.05) is 19.1 Å². The van der Waals surface area contributed by atoms with E-state index in [1.54, 1.807) is 0 Å². The first-order chi connectivity index (χ1) is 11.7. The summed E-state index contributed by atoms with van der Waals surface area (Å²) in [5, 5.41) is 6.64. The van der Waals surface area contributed by atoms with Gasteiger partial charge in [0.05, 0.1) is 19.3 Å². The van der Waals surface area contributed by atoms with E-state index in [2.05, 4.69) is 29.5 Å². The lowest BCUT2D eigenvalue weighted by Gasteiger charge is -2.16. The first kappa shape index (κ1) is 22.2. The van der Waals surface area contributed by atoms with Gasteiger partial charge in [0.15, 0.2) is 5.96 Å². The molecule has 7 heteroatoms. The van der Waals surface area contributed by atoms with Crippen molar-refractivity contribution in [1.82, 2.24) is 10.6 Å². The zero-order valence-corrected chi connectivity index (χ0v) is 17.9. The van der Waals surface area contributed by atoms with Gasteiger partial charge in [-0.25, -0.2) is 0 Å². The third-order valence-electron chi connectivity index (χ3n) is 3.98. The Morgan fingerprint density at radius 2 is 2.28 bits per heavy atom. The number of aliphatic imine (C=N–C) groups is 1. The number of guanidine groups is 1.